The van der Waals surface area contributed by atoms with Gasteiger partial charge in [0.2, 0.25) is 0 Å². The van der Waals surface area contributed by atoms with Gasteiger partial charge in [0.25, 0.3) is 0 Å². The summed E-state index contributed by atoms with van der Waals surface area (Å²) in [5, 5.41) is 0. The van der Waals surface area contributed by atoms with Crippen LogP contribution in [0.4, 0.5) is 13.2 Å². The number of hydrazine groups is 1. The van der Waals surface area contributed by atoms with Gasteiger partial charge in [0, 0.05) is 10.5 Å². The SMILES string of the molecule is NNC(Cc1ccc(F)cc1Br)c1cc(F)cc(F)c1. The molecule has 0 aliphatic heterocycles. The van der Waals surface area contributed by atoms with E-state index in [1.165, 1.54) is 24.3 Å². The van der Waals surface area contributed by atoms with Crippen molar-refractivity contribution in [2.75, 3.05) is 0 Å². The molecule has 0 fully saturated rings. The highest BCUT2D eigenvalue weighted by Gasteiger charge is 2.15. The van der Waals surface area contributed by atoms with Crippen LogP contribution in [0.1, 0.15) is 17.2 Å². The van der Waals surface area contributed by atoms with Crippen LogP contribution in [0.15, 0.2) is 40.9 Å². The molecule has 0 aliphatic carbocycles. The van der Waals surface area contributed by atoms with Crippen LogP contribution in [-0.4, -0.2) is 0 Å². The minimum Gasteiger partial charge on any atom is -0.271 e. The highest BCUT2D eigenvalue weighted by molar-refractivity contribution is 9.10. The summed E-state index contributed by atoms with van der Waals surface area (Å²) in [6, 6.07) is 6.98. The van der Waals surface area contributed by atoms with E-state index in [1.54, 1.807) is 6.07 Å². The molecular weight excluding hydrogens is 333 g/mol. The molecule has 0 spiro atoms. The largest absolute Gasteiger partial charge is 0.271 e. The number of nitrogens with one attached hydrogen (secondary N) is 1. The van der Waals surface area contributed by atoms with Crippen LogP contribution in [0.2, 0.25) is 0 Å². The van der Waals surface area contributed by atoms with E-state index in [0.29, 0.717) is 16.5 Å². The van der Waals surface area contributed by atoms with E-state index >= 15 is 0 Å². The topological polar surface area (TPSA) is 38.0 Å². The van der Waals surface area contributed by atoms with Crippen LogP contribution in [0, 0.1) is 17.5 Å². The van der Waals surface area contributed by atoms with Crippen LogP contribution < -0.4 is 11.3 Å². The quantitative estimate of drug-likeness (QED) is 0.656. The van der Waals surface area contributed by atoms with Crippen molar-refractivity contribution < 1.29 is 13.2 Å². The smallest absolute Gasteiger partial charge is 0.126 e. The van der Waals surface area contributed by atoms with Gasteiger partial charge >= 0.3 is 0 Å². The predicted octanol–water partition coefficient (Wildman–Crippen LogP) is 3.61. The second-order valence-corrected chi connectivity index (χ2v) is 5.22. The third-order valence-electron chi connectivity index (χ3n) is 2.93. The molecule has 3 N–H and O–H groups in total. The highest BCUT2D eigenvalue weighted by atomic mass is 79.9. The van der Waals surface area contributed by atoms with Gasteiger partial charge in [0.15, 0.2) is 0 Å². The lowest BCUT2D eigenvalue weighted by Crippen LogP contribution is -2.29. The normalized spacial score (nSPS) is 12.4. The Morgan fingerprint density at radius 2 is 1.65 bits per heavy atom. The standard InChI is InChI=1S/C14H12BrF3N2/c15-13-7-10(16)2-1-8(13)5-14(20-19)9-3-11(17)6-12(18)4-9/h1-4,6-7,14,20H,5,19H2. The first kappa shape index (κ1) is 15.0. The molecule has 2 rings (SSSR count). The molecule has 0 radical (unpaired) electrons. The Labute approximate surface area is 122 Å². The zero-order chi connectivity index (χ0) is 14.7. The second kappa shape index (κ2) is 6.39. The molecule has 0 saturated heterocycles. The summed E-state index contributed by atoms with van der Waals surface area (Å²) in [4.78, 5) is 0. The maximum Gasteiger partial charge on any atom is 0.126 e. The number of nitrogens with two attached hydrogens (primary N) is 1. The monoisotopic (exact) mass is 344 g/mol. The van der Waals surface area contributed by atoms with Crippen molar-refractivity contribution in [3.05, 3.63) is 69.4 Å². The van der Waals surface area contributed by atoms with Crippen molar-refractivity contribution >= 4 is 15.9 Å². The molecule has 0 aromatic heterocycles. The number of halogens is 4. The van der Waals surface area contributed by atoms with Gasteiger partial charge in [-0.05, 0) is 41.8 Å². The fourth-order valence-corrected chi connectivity index (χ4v) is 2.47. The predicted molar refractivity (Wildman–Crippen MR) is 74.2 cm³/mol. The highest BCUT2D eigenvalue weighted by Crippen LogP contribution is 2.25. The number of rotatable bonds is 4. The first-order chi connectivity index (χ1) is 9.49. The molecule has 1 atom stereocenters. The molecule has 0 heterocycles. The Bertz CT molecular complexity index is 599. The molecule has 0 aliphatic rings. The Hall–Kier alpha value is -1.37. The first-order valence-electron chi connectivity index (χ1n) is 5.85. The van der Waals surface area contributed by atoms with Gasteiger partial charge in [-0.25, -0.2) is 13.2 Å². The van der Waals surface area contributed by atoms with E-state index in [1.807, 2.05) is 0 Å². The molecule has 0 bridgehead atoms. The average Bonchev–Trinajstić information content (AvgIpc) is 2.36. The molecule has 2 aromatic rings. The van der Waals surface area contributed by atoms with E-state index < -0.39 is 17.7 Å². The number of benzene rings is 2. The van der Waals surface area contributed by atoms with Gasteiger partial charge in [0.05, 0.1) is 6.04 Å². The number of hydrogen-bond acceptors (Lipinski definition) is 2. The van der Waals surface area contributed by atoms with E-state index in [-0.39, 0.29) is 5.82 Å². The lowest BCUT2D eigenvalue weighted by molar-refractivity contribution is 0.529. The molecule has 6 heteroatoms. The Morgan fingerprint density at radius 3 is 2.20 bits per heavy atom. The van der Waals surface area contributed by atoms with Gasteiger partial charge in [-0.15, -0.1) is 0 Å². The van der Waals surface area contributed by atoms with Crippen molar-refractivity contribution in [2.24, 2.45) is 5.84 Å². The molecule has 1 unspecified atom stereocenters. The zero-order valence-corrected chi connectivity index (χ0v) is 11.9. The minimum atomic E-state index is -0.668. The van der Waals surface area contributed by atoms with E-state index in [0.717, 1.165) is 11.6 Å². The van der Waals surface area contributed by atoms with Crippen LogP contribution in [0.5, 0.6) is 0 Å². The van der Waals surface area contributed by atoms with Crippen molar-refractivity contribution in [3.63, 3.8) is 0 Å². The van der Waals surface area contributed by atoms with Crippen molar-refractivity contribution in [2.45, 2.75) is 12.5 Å². The average molecular weight is 345 g/mol. The first-order valence-corrected chi connectivity index (χ1v) is 6.65. The fourth-order valence-electron chi connectivity index (χ4n) is 1.96. The Balaban J connectivity index is 2.28. The fraction of sp³-hybridized carbons (Fsp3) is 0.143. The van der Waals surface area contributed by atoms with Gasteiger partial charge in [-0.2, -0.15) is 0 Å². The van der Waals surface area contributed by atoms with Crippen LogP contribution >= 0.6 is 15.9 Å². The second-order valence-electron chi connectivity index (χ2n) is 4.36. The molecule has 0 saturated carbocycles. The molecule has 20 heavy (non-hydrogen) atoms. The van der Waals surface area contributed by atoms with Gasteiger partial charge in [-0.3, -0.25) is 11.3 Å². The van der Waals surface area contributed by atoms with Crippen LogP contribution in [-0.2, 0) is 6.42 Å². The van der Waals surface area contributed by atoms with Crippen LogP contribution in [0.3, 0.4) is 0 Å². The summed E-state index contributed by atoms with van der Waals surface area (Å²) in [5.74, 6) is 3.75. The van der Waals surface area contributed by atoms with E-state index in [4.69, 9.17) is 5.84 Å². The lowest BCUT2D eigenvalue weighted by atomic mass is 9.99. The summed E-state index contributed by atoms with van der Waals surface area (Å²) in [5.41, 5.74) is 3.68. The summed E-state index contributed by atoms with van der Waals surface area (Å²) in [6.07, 6.45) is 0.361. The Kier molecular flexibility index (Phi) is 4.80. The molecule has 106 valence electrons. The summed E-state index contributed by atoms with van der Waals surface area (Å²) >= 11 is 3.25. The van der Waals surface area contributed by atoms with Crippen molar-refractivity contribution in [1.82, 2.24) is 5.43 Å². The summed E-state index contributed by atoms with van der Waals surface area (Å²) in [7, 11) is 0. The third-order valence-corrected chi connectivity index (χ3v) is 3.67. The zero-order valence-electron chi connectivity index (χ0n) is 10.3. The Morgan fingerprint density at radius 1 is 1.00 bits per heavy atom. The van der Waals surface area contributed by atoms with Gasteiger partial charge in [0.1, 0.15) is 17.5 Å². The summed E-state index contributed by atoms with van der Waals surface area (Å²) < 4.78 is 40.1. The van der Waals surface area contributed by atoms with Crippen molar-refractivity contribution in [3.8, 4) is 0 Å². The van der Waals surface area contributed by atoms with Gasteiger partial charge in [-0.1, -0.05) is 22.0 Å². The number of hydrogen-bond donors (Lipinski definition) is 2. The van der Waals surface area contributed by atoms with E-state index in [9.17, 15) is 13.2 Å². The maximum atomic E-state index is 13.2. The molecular formula is C14H12BrF3N2. The van der Waals surface area contributed by atoms with Crippen molar-refractivity contribution in [1.29, 1.82) is 0 Å². The molecule has 0 amide bonds. The summed E-state index contributed by atoms with van der Waals surface area (Å²) in [6.45, 7) is 0. The lowest BCUT2D eigenvalue weighted by Gasteiger charge is -2.17. The van der Waals surface area contributed by atoms with Gasteiger partial charge < -0.3 is 0 Å². The van der Waals surface area contributed by atoms with E-state index in [2.05, 4.69) is 21.4 Å². The third kappa shape index (κ3) is 3.59. The molecule has 2 nitrogen and oxygen atoms in total. The van der Waals surface area contributed by atoms with Crippen LogP contribution in [0.25, 0.3) is 0 Å². The minimum absolute atomic E-state index is 0.361. The maximum absolute atomic E-state index is 13.2. The molecule has 2 aromatic carbocycles.